The first kappa shape index (κ1) is 40.3. The molecule has 60 heavy (non-hydrogen) atoms. The maximum Gasteiger partial charge on any atom is 0.412 e. The van der Waals surface area contributed by atoms with Crippen LogP contribution in [0.1, 0.15) is 54.9 Å². The number of nitriles is 1. The van der Waals surface area contributed by atoms with Gasteiger partial charge in [0.15, 0.2) is 5.82 Å². The molecular formula is C48H44ClN5O6. The number of aromatic nitrogens is 2. The van der Waals surface area contributed by atoms with Gasteiger partial charge in [-0.25, -0.2) is 9.48 Å². The minimum atomic E-state index is -1.09. The number of piperidine rings is 1. The van der Waals surface area contributed by atoms with Gasteiger partial charge in [-0.2, -0.15) is 10.4 Å². The zero-order valence-electron chi connectivity index (χ0n) is 33.1. The zero-order valence-corrected chi connectivity index (χ0v) is 33.9. The minimum absolute atomic E-state index is 0.105. The molecule has 0 spiro atoms. The Morgan fingerprint density at radius 3 is 2.08 bits per heavy atom. The van der Waals surface area contributed by atoms with Crippen molar-refractivity contribution in [2.24, 2.45) is 11.8 Å². The number of nitrogens with zero attached hydrogens (tertiary/aromatic N) is 4. The Morgan fingerprint density at radius 2 is 1.47 bits per heavy atom. The summed E-state index contributed by atoms with van der Waals surface area (Å²) in [5.74, 6) is -1.28. The number of benzene rings is 5. The Kier molecular flexibility index (Phi) is 12.0. The fourth-order valence-corrected chi connectivity index (χ4v) is 8.59. The molecule has 3 heterocycles. The predicted molar refractivity (Wildman–Crippen MR) is 228 cm³/mol. The van der Waals surface area contributed by atoms with Crippen LogP contribution in [0.15, 0.2) is 127 Å². The summed E-state index contributed by atoms with van der Waals surface area (Å²) in [5, 5.41) is 19.3. The maximum absolute atomic E-state index is 14.4. The van der Waals surface area contributed by atoms with Gasteiger partial charge in [-0.05, 0) is 78.3 Å². The molecule has 0 radical (unpaired) electrons. The van der Waals surface area contributed by atoms with Gasteiger partial charge in [0.1, 0.15) is 5.54 Å². The number of likely N-dealkylation sites (tertiary alicyclic amines) is 1. The Hall–Kier alpha value is -6.48. The molecule has 0 aliphatic carbocycles. The molecule has 304 valence electrons. The molecule has 2 atom stereocenters. The number of hydrogen-bond acceptors (Lipinski definition) is 8. The minimum Gasteiger partial charge on any atom is -0.425 e. The number of fused-ring (bicyclic) bond motifs is 1. The lowest BCUT2D eigenvalue weighted by molar-refractivity contribution is -0.174. The quantitative estimate of drug-likeness (QED) is 0.0821. The highest BCUT2D eigenvalue weighted by molar-refractivity contribution is 6.33. The highest BCUT2D eigenvalue weighted by atomic mass is 35.5. The predicted octanol–water partition coefficient (Wildman–Crippen LogP) is 9.17. The van der Waals surface area contributed by atoms with Crippen molar-refractivity contribution in [2.45, 2.75) is 44.4 Å². The number of esters is 1. The van der Waals surface area contributed by atoms with Gasteiger partial charge >= 0.3 is 12.1 Å². The van der Waals surface area contributed by atoms with Crippen LogP contribution in [0.4, 0.5) is 10.6 Å². The van der Waals surface area contributed by atoms with Crippen molar-refractivity contribution in [1.82, 2.24) is 14.7 Å². The van der Waals surface area contributed by atoms with Crippen molar-refractivity contribution in [3.05, 3.63) is 155 Å². The summed E-state index contributed by atoms with van der Waals surface area (Å²) in [7, 11) is 0. The zero-order chi connectivity index (χ0) is 41.6. The van der Waals surface area contributed by atoms with E-state index in [9.17, 15) is 19.6 Å². The Labute approximate surface area is 353 Å². The number of halogens is 1. The molecule has 11 nitrogen and oxygen atoms in total. The lowest BCUT2D eigenvalue weighted by Crippen LogP contribution is -2.45. The lowest BCUT2D eigenvalue weighted by atomic mass is 9.77. The molecular weight excluding hydrogens is 778 g/mol. The van der Waals surface area contributed by atoms with E-state index in [0.29, 0.717) is 72.8 Å². The van der Waals surface area contributed by atoms with E-state index in [2.05, 4.69) is 47.8 Å². The molecule has 0 saturated carbocycles. The summed E-state index contributed by atoms with van der Waals surface area (Å²) in [5.41, 5.74) is 4.45. The number of carbonyl (C=O) groups is 3. The van der Waals surface area contributed by atoms with Crippen LogP contribution in [-0.2, 0) is 29.3 Å². The SMILES string of the molecule is CC(OC(=O)C1CCOCC1)OC(=O)N1CCC[C@@H](C(=O)Nc2nn(C(c3ccccc3)(c3ccccc3)c3ccccc3)c3ccc(-c4cc(C#N)ccc4Cl)cc23)C1. The standard InChI is InChI=1S/C48H44ClN5O6/c1-32(59-46(56)34-23-26-58-27-24-34)60-47(57)53-25-11-12-36(31-53)45(55)51-44-41-29-35(40-28-33(30-50)19-21-42(40)49)20-22-43(41)54(52-44)48(37-13-5-2-6-14-37,38-15-7-3-8-16-38)39-17-9-4-10-18-39/h2-10,13-22,28-29,32,34,36H,11-12,23-27,31H2,1H3,(H,51,52,55)/t32?,36-/m1/s1. The van der Waals surface area contributed by atoms with Crippen LogP contribution in [-0.4, -0.2) is 65.2 Å². The fraction of sp³-hybridized carbons (Fsp3) is 0.271. The van der Waals surface area contributed by atoms with Crippen LogP contribution in [0.3, 0.4) is 0 Å². The van der Waals surface area contributed by atoms with Gasteiger partial charge < -0.3 is 24.4 Å². The van der Waals surface area contributed by atoms with Crippen molar-refractivity contribution in [2.75, 3.05) is 31.6 Å². The second-order valence-corrected chi connectivity index (χ2v) is 15.6. The van der Waals surface area contributed by atoms with E-state index in [1.165, 1.54) is 11.8 Å². The number of anilines is 1. The smallest absolute Gasteiger partial charge is 0.412 e. The van der Waals surface area contributed by atoms with Crippen molar-refractivity contribution in [1.29, 1.82) is 5.26 Å². The highest BCUT2D eigenvalue weighted by Gasteiger charge is 2.41. The van der Waals surface area contributed by atoms with Gasteiger partial charge in [0.25, 0.3) is 0 Å². The molecule has 5 aromatic carbocycles. The van der Waals surface area contributed by atoms with E-state index >= 15 is 0 Å². The topological polar surface area (TPSA) is 136 Å². The third-order valence-electron chi connectivity index (χ3n) is 11.4. The first-order valence-electron chi connectivity index (χ1n) is 20.2. The molecule has 2 fully saturated rings. The van der Waals surface area contributed by atoms with Crippen molar-refractivity contribution >= 4 is 46.3 Å². The Bertz CT molecular complexity index is 2440. The summed E-state index contributed by atoms with van der Waals surface area (Å²) in [6.07, 6.45) is 0.472. The molecule has 2 amide bonds. The fourth-order valence-electron chi connectivity index (χ4n) is 8.36. The molecule has 1 aromatic heterocycles. The van der Waals surface area contributed by atoms with Crippen LogP contribution in [0.25, 0.3) is 22.0 Å². The van der Waals surface area contributed by atoms with E-state index in [1.54, 1.807) is 18.2 Å². The number of hydrogen-bond donors (Lipinski definition) is 1. The molecule has 2 saturated heterocycles. The summed E-state index contributed by atoms with van der Waals surface area (Å²) >= 11 is 6.74. The van der Waals surface area contributed by atoms with E-state index in [-0.39, 0.29) is 18.4 Å². The van der Waals surface area contributed by atoms with Gasteiger partial charge in [-0.15, -0.1) is 0 Å². The molecule has 6 aromatic rings. The maximum atomic E-state index is 14.4. The van der Waals surface area contributed by atoms with E-state index in [4.69, 9.17) is 30.9 Å². The number of carbonyl (C=O) groups excluding carboxylic acids is 3. The van der Waals surface area contributed by atoms with Crippen LogP contribution < -0.4 is 5.32 Å². The lowest BCUT2D eigenvalue weighted by Gasteiger charge is -2.37. The average molecular weight is 822 g/mol. The van der Waals surface area contributed by atoms with E-state index in [0.717, 1.165) is 27.8 Å². The van der Waals surface area contributed by atoms with Gasteiger partial charge in [-0.1, -0.05) is 109 Å². The summed E-state index contributed by atoms with van der Waals surface area (Å²) < 4.78 is 18.3. The number of nitrogens with one attached hydrogen (secondary N) is 1. The van der Waals surface area contributed by atoms with Gasteiger partial charge in [0, 0.05) is 49.2 Å². The largest absolute Gasteiger partial charge is 0.425 e. The van der Waals surface area contributed by atoms with E-state index < -0.39 is 29.8 Å². The first-order valence-corrected chi connectivity index (χ1v) is 20.6. The first-order chi connectivity index (χ1) is 29.3. The monoisotopic (exact) mass is 821 g/mol. The summed E-state index contributed by atoms with van der Waals surface area (Å²) in [4.78, 5) is 41.9. The van der Waals surface area contributed by atoms with Crippen LogP contribution in [0, 0.1) is 23.2 Å². The molecule has 2 aliphatic heterocycles. The molecule has 1 N–H and O–H groups in total. The number of ether oxygens (including phenoxy) is 3. The third-order valence-corrected chi connectivity index (χ3v) is 11.7. The molecule has 0 bridgehead atoms. The molecule has 12 heteroatoms. The summed E-state index contributed by atoms with van der Waals surface area (Å²) in [6, 6.07) is 43.6. The Balaban J connectivity index is 1.17. The number of rotatable bonds is 10. The van der Waals surface area contributed by atoms with Crippen molar-refractivity contribution in [3.8, 4) is 17.2 Å². The normalized spacial score (nSPS) is 16.4. The van der Waals surface area contributed by atoms with Crippen molar-refractivity contribution in [3.63, 3.8) is 0 Å². The summed E-state index contributed by atoms with van der Waals surface area (Å²) in [6.45, 7) is 2.99. The molecule has 8 rings (SSSR count). The van der Waals surface area contributed by atoms with E-state index in [1.807, 2.05) is 77.5 Å². The second-order valence-electron chi connectivity index (χ2n) is 15.2. The Morgan fingerprint density at radius 1 is 0.833 bits per heavy atom. The average Bonchev–Trinajstić information content (AvgIpc) is 3.65. The second kappa shape index (κ2) is 17.8. The van der Waals surface area contributed by atoms with Crippen molar-refractivity contribution < 1.29 is 28.6 Å². The third kappa shape index (κ3) is 8.09. The molecule has 2 aliphatic rings. The van der Waals surface area contributed by atoms with Crippen LogP contribution in [0.2, 0.25) is 5.02 Å². The van der Waals surface area contributed by atoms with Gasteiger partial charge in [0.05, 0.1) is 29.0 Å². The van der Waals surface area contributed by atoms with Gasteiger partial charge in [-0.3, -0.25) is 9.59 Å². The van der Waals surface area contributed by atoms with Crippen LogP contribution in [0.5, 0.6) is 0 Å². The van der Waals surface area contributed by atoms with Gasteiger partial charge in [0.2, 0.25) is 12.2 Å². The number of amides is 2. The van der Waals surface area contributed by atoms with Crippen LogP contribution >= 0.6 is 11.6 Å². The molecule has 1 unspecified atom stereocenters. The highest BCUT2D eigenvalue weighted by Crippen LogP contribution is 2.44.